The fraction of sp³-hybridized carbons (Fsp3) is 0.708. The third-order valence-corrected chi connectivity index (χ3v) is 5.19. The molecule has 0 aliphatic heterocycles. The van der Waals surface area contributed by atoms with Crippen LogP contribution in [-0.4, -0.2) is 17.1 Å². The number of ether oxygens (including phenoxy) is 1. The first kappa shape index (κ1) is 24.3. The molecule has 0 heterocycles. The van der Waals surface area contributed by atoms with E-state index in [4.69, 9.17) is 10.5 Å². The van der Waals surface area contributed by atoms with Crippen LogP contribution in [0.25, 0.3) is 0 Å². The van der Waals surface area contributed by atoms with E-state index in [1.165, 1.54) is 44.9 Å². The molecule has 3 N–H and O–H groups in total. The molecule has 1 amide bonds. The molecule has 4 heteroatoms. The Kier molecular flexibility index (Phi) is 11.0. The highest BCUT2D eigenvalue weighted by Crippen LogP contribution is 2.38. The van der Waals surface area contributed by atoms with E-state index in [2.05, 4.69) is 27.7 Å². The summed E-state index contributed by atoms with van der Waals surface area (Å²) in [5.41, 5.74) is 6.04. The van der Waals surface area contributed by atoms with E-state index < -0.39 is 0 Å². The smallest absolute Gasteiger partial charge is 0.217 e. The van der Waals surface area contributed by atoms with Crippen molar-refractivity contribution in [2.24, 2.45) is 5.73 Å². The number of hydrogen-bond donors (Lipinski definition) is 2. The number of nitrogens with two attached hydrogens (primary N) is 1. The van der Waals surface area contributed by atoms with Gasteiger partial charge in [0.25, 0.3) is 0 Å². The van der Waals surface area contributed by atoms with E-state index >= 15 is 0 Å². The first-order valence-corrected chi connectivity index (χ1v) is 11.0. The Hall–Kier alpha value is -1.71. The maximum atomic E-state index is 11.2. The lowest BCUT2D eigenvalue weighted by Crippen LogP contribution is -2.21. The molecule has 1 rings (SSSR count). The van der Waals surface area contributed by atoms with Crippen LogP contribution in [0.3, 0.4) is 0 Å². The van der Waals surface area contributed by atoms with Crippen molar-refractivity contribution in [1.29, 1.82) is 0 Å². The number of rotatable bonds is 14. The van der Waals surface area contributed by atoms with Gasteiger partial charge in [0.1, 0.15) is 0 Å². The van der Waals surface area contributed by atoms with Crippen LogP contribution in [0.15, 0.2) is 18.2 Å². The lowest BCUT2D eigenvalue weighted by molar-refractivity contribution is -0.118. The van der Waals surface area contributed by atoms with Crippen molar-refractivity contribution in [3.8, 4) is 11.5 Å². The van der Waals surface area contributed by atoms with Crippen molar-refractivity contribution in [2.75, 3.05) is 0 Å². The van der Waals surface area contributed by atoms with Gasteiger partial charge in [-0.1, -0.05) is 84.8 Å². The topological polar surface area (TPSA) is 72.6 Å². The van der Waals surface area contributed by atoms with Crippen LogP contribution < -0.4 is 10.5 Å². The minimum atomic E-state index is -0.308. The van der Waals surface area contributed by atoms with Crippen molar-refractivity contribution in [3.63, 3.8) is 0 Å². The van der Waals surface area contributed by atoms with Crippen molar-refractivity contribution < 1.29 is 14.6 Å². The monoisotopic (exact) mass is 391 g/mol. The number of unbranched alkanes of at least 4 members (excludes halogenated alkanes) is 7. The van der Waals surface area contributed by atoms with Crippen LogP contribution in [0.5, 0.6) is 11.5 Å². The summed E-state index contributed by atoms with van der Waals surface area (Å²) in [6.07, 6.45) is 11.7. The highest BCUT2D eigenvalue weighted by atomic mass is 16.5. The normalized spacial score (nSPS) is 12.7. The van der Waals surface area contributed by atoms with Gasteiger partial charge in [-0.2, -0.15) is 0 Å². The van der Waals surface area contributed by atoms with Gasteiger partial charge >= 0.3 is 0 Å². The summed E-state index contributed by atoms with van der Waals surface area (Å²) in [6.45, 7) is 8.44. The zero-order valence-electron chi connectivity index (χ0n) is 18.4. The largest absolute Gasteiger partial charge is 0.504 e. The second kappa shape index (κ2) is 12.7. The molecule has 1 aromatic carbocycles. The lowest BCUT2D eigenvalue weighted by atomic mass is 9.86. The van der Waals surface area contributed by atoms with Gasteiger partial charge in [-0.05, 0) is 30.7 Å². The first-order valence-electron chi connectivity index (χ1n) is 11.0. The summed E-state index contributed by atoms with van der Waals surface area (Å²) in [7, 11) is 0. The van der Waals surface area contributed by atoms with Gasteiger partial charge < -0.3 is 15.6 Å². The standard InChI is InChI=1S/C24H41NO3/c1-5-6-7-8-9-10-11-12-14-19(17-18-22(25)26)28-21-16-13-15-20(23(21)27)24(2,3)4/h13,15-16,19,27H,5-12,14,17-18H2,1-4H3,(H2,25,26). The third-order valence-electron chi connectivity index (χ3n) is 5.19. The fourth-order valence-electron chi connectivity index (χ4n) is 3.47. The molecule has 1 atom stereocenters. The highest BCUT2D eigenvalue weighted by Gasteiger charge is 2.22. The van der Waals surface area contributed by atoms with Crippen molar-refractivity contribution in [2.45, 2.75) is 110 Å². The Bertz CT molecular complexity index is 578. The number of benzene rings is 1. The van der Waals surface area contributed by atoms with Crippen LogP contribution in [0.2, 0.25) is 0 Å². The average molecular weight is 392 g/mol. The molecule has 0 aliphatic carbocycles. The van der Waals surface area contributed by atoms with E-state index in [0.717, 1.165) is 18.4 Å². The number of hydrogen-bond acceptors (Lipinski definition) is 3. The number of carbonyl (C=O) groups is 1. The van der Waals surface area contributed by atoms with Gasteiger partial charge in [0.2, 0.25) is 5.91 Å². The van der Waals surface area contributed by atoms with Gasteiger partial charge in [0.15, 0.2) is 11.5 Å². The van der Waals surface area contributed by atoms with Crippen molar-refractivity contribution >= 4 is 5.91 Å². The quantitative estimate of drug-likeness (QED) is 0.369. The zero-order valence-corrected chi connectivity index (χ0v) is 18.4. The SMILES string of the molecule is CCCCCCCCCCC(CCC(N)=O)Oc1cccc(C(C)(C)C)c1O. The van der Waals surface area contributed by atoms with Gasteiger partial charge in [-0.15, -0.1) is 0 Å². The predicted octanol–water partition coefficient (Wildman–Crippen LogP) is 6.23. The van der Waals surface area contributed by atoms with Crippen LogP contribution in [0.1, 0.15) is 104 Å². The van der Waals surface area contributed by atoms with Crippen LogP contribution in [0.4, 0.5) is 0 Å². The summed E-state index contributed by atoms with van der Waals surface area (Å²) in [4.78, 5) is 11.2. The molecule has 28 heavy (non-hydrogen) atoms. The summed E-state index contributed by atoms with van der Waals surface area (Å²) in [6, 6.07) is 5.64. The molecule has 0 saturated carbocycles. The number of aromatic hydroxyl groups is 1. The number of phenols is 1. The molecule has 160 valence electrons. The minimum absolute atomic E-state index is 0.103. The maximum absolute atomic E-state index is 11.2. The predicted molar refractivity (Wildman–Crippen MR) is 117 cm³/mol. The lowest BCUT2D eigenvalue weighted by Gasteiger charge is -2.24. The summed E-state index contributed by atoms with van der Waals surface area (Å²) >= 11 is 0. The number of carbonyl (C=O) groups excluding carboxylic acids is 1. The molecule has 1 unspecified atom stereocenters. The van der Waals surface area contributed by atoms with Crippen molar-refractivity contribution in [1.82, 2.24) is 0 Å². The van der Waals surface area contributed by atoms with Crippen LogP contribution in [-0.2, 0) is 10.2 Å². The molecule has 1 aromatic rings. The molecular weight excluding hydrogens is 350 g/mol. The molecule has 0 radical (unpaired) electrons. The number of amides is 1. The summed E-state index contributed by atoms with van der Waals surface area (Å²) in [5, 5.41) is 10.6. The number of primary amides is 1. The van der Waals surface area contributed by atoms with Crippen LogP contribution >= 0.6 is 0 Å². The molecule has 0 saturated heterocycles. The van der Waals surface area contributed by atoms with Gasteiger partial charge in [0.05, 0.1) is 6.10 Å². The molecular formula is C24H41NO3. The minimum Gasteiger partial charge on any atom is -0.504 e. The van der Waals surface area contributed by atoms with E-state index in [9.17, 15) is 9.90 Å². The number of phenolic OH excluding ortho intramolecular Hbond substituents is 1. The van der Waals surface area contributed by atoms with E-state index in [1.807, 2.05) is 12.1 Å². The van der Waals surface area contributed by atoms with E-state index in [-0.39, 0.29) is 23.2 Å². The first-order chi connectivity index (χ1) is 13.3. The Morgan fingerprint density at radius 2 is 1.64 bits per heavy atom. The molecule has 0 spiro atoms. The summed E-state index contributed by atoms with van der Waals surface area (Å²) < 4.78 is 6.13. The Labute approximate surface area is 171 Å². The van der Waals surface area contributed by atoms with Gasteiger partial charge in [-0.3, -0.25) is 4.79 Å². The Balaban J connectivity index is 2.59. The molecule has 4 nitrogen and oxygen atoms in total. The molecule has 0 bridgehead atoms. The summed E-state index contributed by atoms with van der Waals surface area (Å²) in [5.74, 6) is 0.397. The van der Waals surface area contributed by atoms with E-state index in [1.54, 1.807) is 6.07 Å². The zero-order chi connectivity index (χ0) is 21.0. The van der Waals surface area contributed by atoms with Gasteiger partial charge in [0, 0.05) is 12.0 Å². The Morgan fingerprint density at radius 1 is 1.04 bits per heavy atom. The third kappa shape index (κ3) is 9.48. The second-order valence-corrected chi connectivity index (χ2v) is 8.91. The highest BCUT2D eigenvalue weighted by molar-refractivity contribution is 5.73. The molecule has 0 aromatic heterocycles. The molecule has 0 fully saturated rings. The average Bonchev–Trinajstić information content (AvgIpc) is 2.62. The Morgan fingerprint density at radius 3 is 2.21 bits per heavy atom. The van der Waals surface area contributed by atoms with Gasteiger partial charge in [-0.25, -0.2) is 0 Å². The van der Waals surface area contributed by atoms with E-state index in [0.29, 0.717) is 18.6 Å². The maximum Gasteiger partial charge on any atom is 0.217 e. The fourth-order valence-corrected chi connectivity index (χ4v) is 3.47. The van der Waals surface area contributed by atoms with Crippen LogP contribution in [0, 0.1) is 0 Å². The second-order valence-electron chi connectivity index (χ2n) is 8.91. The molecule has 0 aliphatic rings. The number of para-hydroxylation sites is 1. The van der Waals surface area contributed by atoms with Crippen molar-refractivity contribution in [3.05, 3.63) is 23.8 Å².